The summed E-state index contributed by atoms with van der Waals surface area (Å²) in [6.45, 7) is 2.41. The van der Waals surface area contributed by atoms with Gasteiger partial charge >= 0.3 is 11.7 Å². The number of aliphatic hydroxyl groups is 1. The summed E-state index contributed by atoms with van der Waals surface area (Å²) in [5.74, 6) is -1.24. The molecular weight excluding hydrogens is 339 g/mol. The first kappa shape index (κ1) is 18.6. The zero-order valence-electron chi connectivity index (χ0n) is 13.4. The van der Waals surface area contributed by atoms with Crippen molar-refractivity contribution < 1.29 is 23.8 Å². The van der Waals surface area contributed by atoms with E-state index < -0.39 is 48.4 Å². The number of carbonyl (C=O) groups is 1. The third-order valence-electron chi connectivity index (χ3n) is 3.59. The summed E-state index contributed by atoms with van der Waals surface area (Å²) in [5.41, 5.74) is 11.0. The Bertz CT molecular complexity index is 764. The summed E-state index contributed by atoms with van der Waals surface area (Å²) in [6.07, 6.45) is -4.64. The molecule has 0 aliphatic carbocycles. The minimum absolute atomic E-state index is 0.0811. The zero-order valence-corrected chi connectivity index (χ0v) is 13.4. The normalized spacial score (nSPS) is 28.6. The van der Waals surface area contributed by atoms with Crippen molar-refractivity contribution in [3.63, 3.8) is 0 Å². The molecular formula is C13H17FN6O5. The van der Waals surface area contributed by atoms with Crippen LogP contribution in [0, 0.1) is 5.92 Å². The number of carbonyl (C=O) groups excluding carboxylic acids is 1. The van der Waals surface area contributed by atoms with Gasteiger partial charge in [-0.1, -0.05) is 19.0 Å². The third kappa shape index (κ3) is 3.55. The first-order valence-corrected chi connectivity index (χ1v) is 7.29. The van der Waals surface area contributed by atoms with E-state index in [-0.39, 0.29) is 5.82 Å². The molecule has 1 aliphatic heterocycles. The SMILES string of the molecule is CC(C)C(=O)OCC1(N=[N+]=[N-])O[C@@H](n2ccc(N)nc2=O)[C@H](F)[C@@H]1O. The molecule has 0 aromatic carbocycles. The van der Waals surface area contributed by atoms with Crippen LogP contribution in [0.1, 0.15) is 20.1 Å². The molecule has 0 saturated carbocycles. The molecule has 0 radical (unpaired) electrons. The van der Waals surface area contributed by atoms with Crippen molar-refractivity contribution in [3.8, 4) is 0 Å². The Kier molecular flexibility index (Phi) is 5.26. The van der Waals surface area contributed by atoms with Crippen LogP contribution < -0.4 is 11.4 Å². The number of anilines is 1. The minimum Gasteiger partial charge on any atom is -0.462 e. The van der Waals surface area contributed by atoms with Crippen LogP contribution in [0.15, 0.2) is 22.2 Å². The van der Waals surface area contributed by atoms with Gasteiger partial charge in [0.25, 0.3) is 0 Å². The first-order chi connectivity index (χ1) is 11.7. The van der Waals surface area contributed by atoms with Gasteiger partial charge in [-0.25, -0.2) is 9.18 Å². The fourth-order valence-electron chi connectivity index (χ4n) is 2.23. The highest BCUT2D eigenvalue weighted by atomic mass is 19.1. The van der Waals surface area contributed by atoms with E-state index in [1.165, 1.54) is 6.07 Å². The molecule has 1 saturated heterocycles. The summed E-state index contributed by atoms with van der Waals surface area (Å²) in [5, 5.41) is 13.4. The van der Waals surface area contributed by atoms with Crippen LogP contribution in [0.4, 0.5) is 10.2 Å². The standard InChI is InChI=1S/C13H17FN6O5/c1-6(2)11(22)24-5-13(18-19-16)9(21)8(14)10(25-13)20-4-3-7(15)17-12(20)23/h3-4,6,8-10,21H,5H2,1-2H3,(H2,15,17,23)/t8-,9+,10-,13?/m1/s1. The van der Waals surface area contributed by atoms with Gasteiger partial charge in [0.1, 0.15) is 18.5 Å². The number of hydrogen-bond acceptors (Lipinski definition) is 8. The Morgan fingerprint density at radius 2 is 2.40 bits per heavy atom. The van der Waals surface area contributed by atoms with Crippen molar-refractivity contribution in [2.75, 3.05) is 12.3 Å². The Labute approximate surface area is 140 Å². The quantitative estimate of drug-likeness (QED) is 0.330. The van der Waals surface area contributed by atoms with Crippen LogP contribution in [0.3, 0.4) is 0 Å². The Morgan fingerprint density at radius 3 is 2.96 bits per heavy atom. The lowest BCUT2D eigenvalue weighted by molar-refractivity contribution is -0.168. The molecule has 1 aliphatic rings. The highest BCUT2D eigenvalue weighted by Crippen LogP contribution is 2.40. The fourth-order valence-corrected chi connectivity index (χ4v) is 2.23. The summed E-state index contributed by atoms with van der Waals surface area (Å²) < 4.78 is 25.5. The van der Waals surface area contributed by atoms with Crippen LogP contribution in [0.25, 0.3) is 10.4 Å². The van der Waals surface area contributed by atoms with Crippen molar-refractivity contribution in [2.45, 2.75) is 38.1 Å². The molecule has 1 aromatic rings. The maximum atomic E-state index is 14.5. The lowest BCUT2D eigenvalue weighted by atomic mass is 10.1. The second-order valence-corrected chi connectivity index (χ2v) is 5.74. The predicted octanol–water partition coefficient (Wildman–Crippen LogP) is 0.259. The minimum atomic E-state index is -2.22. The van der Waals surface area contributed by atoms with Crippen LogP contribution in [0.2, 0.25) is 0 Å². The number of rotatable bonds is 5. The van der Waals surface area contributed by atoms with E-state index in [2.05, 4.69) is 15.0 Å². The van der Waals surface area contributed by atoms with Gasteiger partial charge in [0, 0.05) is 11.1 Å². The maximum absolute atomic E-state index is 14.5. The van der Waals surface area contributed by atoms with Gasteiger partial charge in [0.2, 0.25) is 5.72 Å². The van der Waals surface area contributed by atoms with E-state index in [1.807, 2.05) is 0 Å². The van der Waals surface area contributed by atoms with Crippen molar-refractivity contribution in [2.24, 2.45) is 11.0 Å². The number of nitrogens with two attached hydrogens (primary N) is 1. The lowest BCUT2D eigenvalue weighted by Crippen LogP contribution is -2.45. The van der Waals surface area contributed by atoms with E-state index in [9.17, 15) is 19.1 Å². The summed E-state index contributed by atoms with van der Waals surface area (Å²) in [6, 6.07) is 1.23. The number of aromatic nitrogens is 2. The van der Waals surface area contributed by atoms with Gasteiger partial charge in [-0.15, -0.1) is 0 Å². The zero-order chi connectivity index (χ0) is 18.8. The molecule has 136 valence electrons. The molecule has 12 heteroatoms. The first-order valence-electron chi connectivity index (χ1n) is 7.29. The topological polar surface area (TPSA) is 165 Å². The molecule has 0 bridgehead atoms. The van der Waals surface area contributed by atoms with Gasteiger partial charge in [-0.2, -0.15) is 4.98 Å². The molecule has 2 rings (SSSR count). The molecule has 0 amide bonds. The largest absolute Gasteiger partial charge is 0.462 e. The van der Waals surface area contributed by atoms with Gasteiger partial charge in [-0.05, 0) is 11.6 Å². The van der Waals surface area contributed by atoms with Gasteiger partial charge in [0.15, 0.2) is 12.4 Å². The molecule has 4 atom stereocenters. The molecule has 1 aromatic heterocycles. The second kappa shape index (κ2) is 7.05. The number of halogens is 1. The number of azide groups is 1. The van der Waals surface area contributed by atoms with E-state index in [4.69, 9.17) is 20.7 Å². The van der Waals surface area contributed by atoms with Crippen molar-refractivity contribution in [1.29, 1.82) is 0 Å². The smallest absolute Gasteiger partial charge is 0.351 e. The van der Waals surface area contributed by atoms with E-state index in [0.717, 1.165) is 10.8 Å². The number of nitrogens with zero attached hydrogens (tertiary/aromatic N) is 5. The number of ether oxygens (including phenoxy) is 2. The van der Waals surface area contributed by atoms with Crippen molar-refractivity contribution >= 4 is 11.8 Å². The van der Waals surface area contributed by atoms with Crippen LogP contribution >= 0.6 is 0 Å². The van der Waals surface area contributed by atoms with Crippen LogP contribution in [0.5, 0.6) is 0 Å². The maximum Gasteiger partial charge on any atom is 0.351 e. The average molecular weight is 356 g/mol. The summed E-state index contributed by atoms with van der Waals surface area (Å²) in [7, 11) is 0. The monoisotopic (exact) mass is 356 g/mol. The van der Waals surface area contributed by atoms with Gasteiger partial charge in [0.05, 0.1) is 5.92 Å². The lowest BCUT2D eigenvalue weighted by Gasteiger charge is -2.26. The number of aliphatic hydroxyl groups excluding tert-OH is 1. The van der Waals surface area contributed by atoms with Crippen molar-refractivity contribution in [3.05, 3.63) is 33.2 Å². The molecule has 25 heavy (non-hydrogen) atoms. The summed E-state index contributed by atoms with van der Waals surface area (Å²) in [4.78, 5) is 29.4. The number of alkyl halides is 1. The highest BCUT2D eigenvalue weighted by molar-refractivity contribution is 5.71. The number of hydrogen-bond donors (Lipinski definition) is 2. The molecule has 1 unspecified atom stereocenters. The Balaban J connectivity index is 2.34. The number of esters is 1. The molecule has 1 fully saturated rings. The Hall–Kier alpha value is -2.69. The van der Waals surface area contributed by atoms with Crippen LogP contribution in [-0.4, -0.2) is 45.2 Å². The summed E-state index contributed by atoms with van der Waals surface area (Å²) >= 11 is 0. The molecule has 0 spiro atoms. The van der Waals surface area contributed by atoms with Gasteiger partial charge in [-0.3, -0.25) is 9.36 Å². The second-order valence-electron chi connectivity index (χ2n) is 5.74. The number of nitrogen functional groups attached to an aromatic ring is 1. The third-order valence-corrected chi connectivity index (χ3v) is 3.59. The molecule has 2 heterocycles. The highest BCUT2D eigenvalue weighted by Gasteiger charge is 2.57. The fraction of sp³-hybridized carbons (Fsp3) is 0.615. The van der Waals surface area contributed by atoms with Gasteiger partial charge < -0.3 is 20.3 Å². The van der Waals surface area contributed by atoms with Crippen LogP contribution in [-0.2, 0) is 14.3 Å². The average Bonchev–Trinajstić information content (AvgIpc) is 2.78. The Morgan fingerprint density at radius 1 is 1.72 bits per heavy atom. The molecule has 3 N–H and O–H groups in total. The predicted molar refractivity (Wildman–Crippen MR) is 81.6 cm³/mol. The van der Waals surface area contributed by atoms with E-state index >= 15 is 0 Å². The van der Waals surface area contributed by atoms with E-state index in [0.29, 0.717) is 0 Å². The van der Waals surface area contributed by atoms with Crippen molar-refractivity contribution in [1.82, 2.24) is 9.55 Å². The van der Waals surface area contributed by atoms with E-state index in [1.54, 1.807) is 13.8 Å². The molecule has 11 nitrogen and oxygen atoms in total.